The van der Waals surface area contributed by atoms with E-state index >= 15 is 0 Å². The first kappa shape index (κ1) is 36.7. The monoisotopic (exact) mass is 536 g/mol. The second-order valence-electron chi connectivity index (χ2n) is 11.3. The number of esters is 1. The number of carboxylic acids is 1. The lowest BCUT2D eigenvalue weighted by atomic mass is 10.0. The molecule has 0 saturated heterocycles. The smallest absolute Gasteiger partial charge is 0.306 e. The normalized spacial score (nSPS) is 12.3. The van der Waals surface area contributed by atoms with E-state index in [1.165, 1.54) is 103 Å². The first-order chi connectivity index (χ1) is 18.6. The third kappa shape index (κ3) is 29.2. The number of carbonyl (C=O) groups excluding carboxylic acids is 1. The van der Waals surface area contributed by atoms with Crippen LogP contribution in [0.25, 0.3) is 0 Å². The molecule has 4 heteroatoms. The van der Waals surface area contributed by atoms with Gasteiger partial charge in [0.2, 0.25) is 0 Å². The molecule has 0 saturated carbocycles. The summed E-state index contributed by atoms with van der Waals surface area (Å²) in [6, 6.07) is 0. The van der Waals surface area contributed by atoms with Gasteiger partial charge in [-0.15, -0.1) is 0 Å². The van der Waals surface area contributed by atoms with Crippen LogP contribution < -0.4 is 0 Å². The van der Waals surface area contributed by atoms with Gasteiger partial charge in [0.1, 0.15) is 6.10 Å². The number of unbranched alkanes of at least 4 members (excludes halogenated alkanes) is 19. The number of allylic oxidation sites excluding steroid dienone is 2. The molecule has 0 heterocycles. The summed E-state index contributed by atoms with van der Waals surface area (Å²) in [5, 5.41) is 8.69. The number of carbonyl (C=O) groups is 2. The molecule has 0 radical (unpaired) electrons. The van der Waals surface area contributed by atoms with E-state index in [4.69, 9.17) is 9.84 Å². The van der Waals surface area contributed by atoms with Gasteiger partial charge in [0.25, 0.3) is 0 Å². The van der Waals surface area contributed by atoms with E-state index < -0.39 is 5.97 Å². The van der Waals surface area contributed by atoms with Crippen molar-refractivity contribution in [3.05, 3.63) is 12.2 Å². The molecule has 1 N–H and O–H groups in total. The topological polar surface area (TPSA) is 63.6 Å². The average molecular weight is 537 g/mol. The molecule has 4 nitrogen and oxygen atoms in total. The highest BCUT2D eigenvalue weighted by Crippen LogP contribution is 2.18. The van der Waals surface area contributed by atoms with Crippen molar-refractivity contribution in [2.75, 3.05) is 0 Å². The molecule has 0 rings (SSSR count). The Morgan fingerprint density at radius 2 is 0.947 bits per heavy atom. The van der Waals surface area contributed by atoms with Gasteiger partial charge in [-0.05, 0) is 64.2 Å². The molecule has 38 heavy (non-hydrogen) atoms. The quantitative estimate of drug-likeness (QED) is 0.0563. The maximum Gasteiger partial charge on any atom is 0.306 e. The Hall–Kier alpha value is -1.32. The molecule has 0 amide bonds. The third-order valence-electron chi connectivity index (χ3n) is 7.49. The van der Waals surface area contributed by atoms with Gasteiger partial charge >= 0.3 is 11.9 Å². The Morgan fingerprint density at radius 3 is 1.45 bits per heavy atom. The van der Waals surface area contributed by atoms with Crippen LogP contribution in [0, 0.1) is 0 Å². The Labute approximate surface area is 236 Å². The lowest BCUT2D eigenvalue weighted by molar-refractivity contribution is -0.150. The van der Waals surface area contributed by atoms with Crippen molar-refractivity contribution < 1.29 is 19.4 Å². The van der Waals surface area contributed by atoms with Gasteiger partial charge in [-0.25, -0.2) is 0 Å². The van der Waals surface area contributed by atoms with Crippen molar-refractivity contribution in [2.24, 2.45) is 0 Å². The van der Waals surface area contributed by atoms with Crippen LogP contribution in [0.1, 0.15) is 187 Å². The van der Waals surface area contributed by atoms with Crippen LogP contribution in [0.3, 0.4) is 0 Å². The summed E-state index contributed by atoms with van der Waals surface area (Å²) in [6.45, 7) is 4.49. The SMILES string of the molecule is CCCCCC/C=C/CCCCCCCC(=O)OC(CCCCCC)CCCCCCCCCCC(=O)O. The number of rotatable bonds is 30. The van der Waals surface area contributed by atoms with Crippen molar-refractivity contribution in [3.8, 4) is 0 Å². The second kappa shape index (κ2) is 30.2. The van der Waals surface area contributed by atoms with Crippen molar-refractivity contribution in [1.82, 2.24) is 0 Å². The number of hydrogen-bond acceptors (Lipinski definition) is 3. The molecule has 0 aliphatic carbocycles. The molecule has 0 aromatic rings. The lowest BCUT2D eigenvalue weighted by Crippen LogP contribution is -2.18. The van der Waals surface area contributed by atoms with E-state index in [0.29, 0.717) is 12.8 Å². The summed E-state index contributed by atoms with van der Waals surface area (Å²) in [7, 11) is 0. The minimum atomic E-state index is -0.683. The van der Waals surface area contributed by atoms with Crippen LogP contribution in [0.4, 0.5) is 0 Å². The van der Waals surface area contributed by atoms with Gasteiger partial charge in [-0.1, -0.05) is 122 Å². The third-order valence-corrected chi connectivity index (χ3v) is 7.49. The van der Waals surface area contributed by atoms with Crippen molar-refractivity contribution in [3.63, 3.8) is 0 Å². The Kier molecular flexibility index (Phi) is 29.2. The van der Waals surface area contributed by atoms with Crippen LogP contribution >= 0.6 is 0 Å². The van der Waals surface area contributed by atoms with Gasteiger partial charge in [-0.2, -0.15) is 0 Å². The van der Waals surface area contributed by atoms with E-state index in [-0.39, 0.29) is 12.1 Å². The molecule has 1 atom stereocenters. The van der Waals surface area contributed by atoms with Gasteiger partial charge in [0.15, 0.2) is 0 Å². The lowest BCUT2D eigenvalue weighted by Gasteiger charge is -2.18. The summed E-state index contributed by atoms with van der Waals surface area (Å²) in [6.07, 6.45) is 35.2. The van der Waals surface area contributed by atoms with Gasteiger partial charge in [0.05, 0.1) is 0 Å². The molecule has 0 spiro atoms. The van der Waals surface area contributed by atoms with Crippen LogP contribution in [0.15, 0.2) is 12.2 Å². The summed E-state index contributed by atoms with van der Waals surface area (Å²) in [4.78, 5) is 23.0. The van der Waals surface area contributed by atoms with E-state index in [1.807, 2.05) is 0 Å². The predicted octanol–water partition coefficient (Wildman–Crippen LogP) is 11.1. The maximum atomic E-state index is 12.5. The van der Waals surface area contributed by atoms with Crippen LogP contribution in [0.2, 0.25) is 0 Å². The predicted molar refractivity (Wildman–Crippen MR) is 163 cm³/mol. The zero-order valence-corrected chi connectivity index (χ0v) is 25.5. The fourth-order valence-electron chi connectivity index (χ4n) is 5.00. The Balaban J connectivity index is 3.86. The molecule has 224 valence electrons. The molecule has 0 aliphatic rings. The number of hydrogen-bond donors (Lipinski definition) is 1. The summed E-state index contributed by atoms with van der Waals surface area (Å²) in [5.41, 5.74) is 0. The number of carboxylic acid groups (broad SMARTS) is 1. The van der Waals surface area contributed by atoms with E-state index in [2.05, 4.69) is 26.0 Å². The first-order valence-electron chi connectivity index (χ1n) is 16.7. The van der Waals surface area contributed by atoms with Crippen molar-refractivity contribution in [2.45, 2.75) is 193 Å². The van der Waals surface area contributed by atoms with Gasteiger partial charge < -0.3 is 9.84 Å². The van der Waals surface area contributed by atoms with E-state index in [0.717, 1.165) is 57.8 Å². The van der Waals surface area contributed by atoms with Gasteiger partial charge in [0, 0.05) is 12.8 Å². The fourth-order valence-corrected chi connectivity index (χ4v) is 5.00. The Bertz CT molecular complexity index is 543. The molecular formula is C34H64O4. The maximum absolute atomic E-state index is 12.5. The molecule has 0 aliphatic heterocycles. The minimum Gasteiger partial charge on any atom is -0.481 e. The molecule has 0 bridgehead atoms. The molecule has 1 unspecified atom stereocenters. The minimum absolute atomic E-state index is 0.0119. The summed E-state index contributed by atoms with van der Waals surface area (Å²) < 4.78 is 5.93. The summed E-state index contributed by atoms with van der Waals surface area (Å²) >= 11 is 0. The van der Waals surface area contributed by atoms with Crippen molar-refractivity contribution >= 4 is 11.9 Å². The average Bonchev–Trinajstić information content (AvgIpc) is 2.90. The first-order valence-corrected chi connectivity index (χ1v) is 16.7. The van der Waals surface area contributed by atoms with Crippen LogP contribution in [0.5, 0.6) is 0 Å². The molecular weight excluding hydrogens is 472 g/mol. The largest absolute Gasteiger partial charge is 0.481 e. The molecule has 0 fully saturated rings. The van der Waals surface area contributed by atoms with Crippen molar-refractivity contribution in [1.29, 1.82) is 0 Å². The number of ether oxygens (including phenoxy) is 1. The van der Waals surface area contributed by atoms with Crippen LogP contribution in [-0.4, -0.2) is 23.1 Å². The zero-order chi connectivity index (χ0) is 27.9. The highest BCUT2D eigenvalue weighted by Gasteiger charge is 2.14. The molecule has 0 aromatic carbocycles. The standard InChI is InChI=1S/C34H64O4/c1-3-5-7-9-10-11-12-13-14-15-20-23-27-31-34(37)38-32(28-24-8-6-4-2)29-25-21-18-16-17-19-22-26-30-33(35)36/h11-12,32H,3-10,13-31H2,1-2H3,(H,35,36)/b12-11+. The summed E-state index contributed by atoms with van der Waals surface area (Å²) in [5.74, 6) is -0.671. The molecule has 0 aromatic heterocycles. The highest BCUT2D eigenvalue weighted by atomic mass is 16.5. The highest BCUT2D eigenvalue weighted by molar-refractivity contribution is 5.69. The van der Waals surface area contributed by atoms with E-state index in [9.17, 15) is 9.59 Å². The fraction of sp³-hybridized carbons (Fsp3) is 0.882. The number of aliphatic carboxylic acids is 1. The Morgan fingerprint density at radius 1 is 0.553 bits per heavy atom. The van der Waals surface area contributed by atoms with E-state index in [1.54, 1.807) is 0 Å². The van der Waals surface area contributed by atoms with Gasteiger partial charge in [-0.3, -0.25) is 9.59 Å². The van der Waals surface area contributed by atoms with Crippen LogP contribution in [-0.2, 0) is 14.3 Å². The zero-order valence-electron chi connectivity index (χ0n) is 25.5. The second-order valence-corrected chi connectivity index (χ2v) is 11.3.